The number of halogens is 1. The van der Waals surface area contributed by atoms with Crippen LogP contribution in [0.1, 0.15) is 43.0 Å². The van der Waals surface area contributed by atoms with Crippen LogP contribution >= 0.6 is 0 Å². The van der Waals surface area contributed by atoms with Gasteiger partial charge in [-0.15, -0.1) is 0 Å². The molecule has 2 rings (SSSR count). The summed E-state index contributed by atoms with van der Waals surface area (Å²) in [7, 11) is 0. The number of carbonyl (C=O) groups excluding carboxylic acids is 2. The average molecular weight is 307 g/mol. The molecule has 0 aliphatic heterocycles. The van der Waals surface area contributed by atoms with Crippen molar-refractivity contribution in [2.75, 3.05) is 11.9 Å². The van der Waals surface area contributed by atoms with E-state index in [0.29, 0.717) is 12.1 Å². The number of nitrogens with two attached hydrogens (primary N) is 1. The standard InChI is InChI=1S/C16H22FN3O2/c1-10(21)19-15-8-11(6-7-13(15)17)16(22)20-14-5-3-2-4-12(14)9-18/h6-8,12,14H,2-5,9,18H2,1H3,(H,19,21)(H,20,22). The Balaban J connectivity index is 2.10. The molecule has 4 N–H and O–H groups in total. The average Bonchev–Trinajstić information content (AvgIpc) is 2.49. The smallest absolute Gasteiger partial charge is 0.251 e. The molecule has 5 nitrogen and oxygen atoms in total. The maximum absolute atomic E-state index is 13.6. The Morgan fingerprint density at radius 2 is 2.05 bits per heavy atom. The van der Waals surface area contributed by atoms with Crippen molar-refractivity contribution in [2.24, 2.45) is 11.7 Å². The monoisotopic (exact) mass is 307 g/mol. The summed E-state index contributed by atoms with van der Waals surface area (Å²) in [6.07, 6.45) is 4.13. The molecular weight excluding hydrogens is 285 g/mol. The molecule has 120 valence electrons. The molecule has 2 unspecified atom stereocenters. The molecule has 0 bridgehead atoms. The molecule has 1 aliphatic carbocycles. The number of hydrogen-bond donors (Lipinski definition) is 3. The maximum Gasteiger partial charge on any atom is 0.251 e. The Kier molecular flexibility index (Phi) is 5.49. The molecule has 1 saturated carbocycles. The van der Waals surface area contributed by atoms with Gasteiger partial charge in [0.05, 0.1) is 5.69 Å². The molecule has 22 heavy (non-hydrogen) atoms. The van der Waals surface area contributed by atoms with E-state index in [1.807, 2.05) is 0 Å². The van der Waals surface area contributed by atoms with Crippen LogP contribution in [0.25, 0.3) is 0 Å². The lowest BCUT2D eigenvalue weighted by atomic mass is 9.84. The third-order valence-corrected chi connectivity index (χ3v) is 4.07. The summed E-state index contributed by atoms with van der Waals surface area (Å²) in [4.78, 5) is 23.4. The van der Waals surface area contributed by atoms with Crippen molar-refractivity contribution in [2.45, 2.75) is 38.6 Å². The van der Waals surface area contributed by atoms with Crippen molar-refractivity contribution in [3.05, 3.63) is 29.6 Å². The van der Waals surface area contributed by atoms with Gasteiger partial charge in [0, 0.05) is 18.5 Å². The Morgan fingerprint density at radius 3 is 2.73 bits per heavy atom. The number of anilines is 1. The van der Waals surface area contributed by atoms with Gasteiger partial charge in [0.15, 0.2) is 0 Å². The van der Waals surface area contributed by atoms with Crippen molar-refractivity contribution in [3.63, 3.8) is 0 Å². The van der Waals surface area contributed by atoms with Crippen molar-refractivity contribution >= 4 is 17.5 Å². The Morgan fingerprint density at radius 1 is 1.32 bits per heavy atom. The predicted molar refractivity (Wildman–Crippen MR) is 83.0 cm³/mol. The molecule has 0 heterocycles. The zero-order chi connectivity index (χ0) is 16.1. The number of amides is 2. The molecule has 2 atom stereocenters. The predicted octanol–water partition coefficient (Wildman–Crippen LogP) is 2.03. The lowest BCUT2D eigenvalue weighted by molar-refractivity contribution is -0.114. The van der Waals surface area contributed by atoms with Gasteiger partial charge in [-0.1, -0.05) is 12.8 Å². The Bertz CT molecular complexity index is 562. The van der Waals surface area contributed by atoms with Crippen molar-refractivity contribution < 1.29 is 14.0 Å². The first-order valence-corrected chi connectivity index (χ1v) is 7.59. The van der Waals surface area contributed by atoms with E-state index in [0.717, 1.165) is 25.7 Å². The summed E-state index contributed by atoms with van der Waals surface area (Å²) in [5, 5.41) is 5.36. The first-order chi connectivity index (χ1) is 10.5. The molecule has 1 aromatic carbocycles. The highest BCUT2D eigenvalue weighted by atomic mass is 19.1. The summed E-state index contributed by atoms with van der Waals surface area (Å²) in [6, 6.07) is 4.00. The van der Waals surface area contributed by atoms with Gasteiger partial charge in [0.25, 0.3) is 5.91 Å². The van der Waals surface area contributed by atoms with E-state index in [-0.39, 0.29) is 29.5 Å². The highest BCUT2D eigenvalue weighted by molar-refractivity contribution is 5.97. The number of nitrogens with one attached hydrogen (secondary N) is 2. The van der Waals surface area contributed by atoms with Gasteiger partial charge in [-0.2, -0.15) is 0 Å². The lowest BCUT2D eigenvalue weighted by Crippen LogP contribution is -2.44. The fraction of sp³-hybridized carbons (Fsp3) is 0.500. The summed E-state index contributed by atoms with van der Waals surface area (Å²) >= 11 is 0. The van der Waals surface area contributed by atoms with Gasteiger partial charge in [-0.3, -0.25) is 9.59 Å². The highest BCUT2D eigenvalue weighted by Gasteiger charge is 2.25. The third kappa shape index (κ3) is 4.04. The van der Waals surface area contributed by atoms with Crippen LogP contribution in [-0.2, 0) is 4.79 Å². The molecule has 0 aromatic heterocycles. The van der Waals surface area contributed by atoms with E-state index in [1.165, 1.54) is 25.1 Å². The van der Waals surface area contributed by atoms with E-state index in [9.17, 15) is 14.0 Å². The van der Waals surface area contributed by atoms with Gasteiger partial charge < -0.3 is 16.4 Å². The highest BCUT2D eigenvalue weighted by Crippen LogP contribution is 2.24. The van der Waals surface area contributed by atoms with Crippen LogP contribution in [-0.4, -0.2) is 24.4 Å². The molecule has 2 amide bonds. The lowest BCUT2D eigenvalue weighted by Gasteiger charge is -2.31. The number of hydrogen-bond acceptors (Lipinski definition) is 3. The van der Waals surface area contributed by atoms with Gasteiger partial charge in [-0.25, -0.2) is 4.39 Å². The minimum atomic E-state index is -0.566. The molecule has 0 spiro atoms. The second kappa shape index (κ2) is 7.35. The summed E-state index contributed by atoms with van der Waals surface area (Å²) in [5.41, 5.74) is 6.10. The van der Waals surface area contributed by atoms with Crippen LogP contribution < -0.4 is 16.4 Å². The van der Waals surface area contributed by atoms with E-state index in [2.05, 4.69) is 10.6 Å². The largest absolute Gasteiger partial charge is 0.349 e. The minimum Gasteiger partial charge on any atom is -0.349 e. The van der Waals surface area contributed by atoms with E-state index in [4.69, 9.17) is 5.73 Å². The van der Waals surface area contributed by atoms with Crippen molar-refractivity contribution in [3.8, 4) is 0 Å². The fourth-order valence-electron chi connectivity index (χ4n) is 2.88. The second-order valence-corrected chi connectivity index (χ2v) is 5.74. The van der Waals surface area contributed by atoms with E-state index >= 15 is 0 Å². The Labute approximate surface area is 129 Å². The number of carbonyl (C=O) groups is 2. The quantitative estimate of drug-likeness (QED) is 0.796. The fourth-order valence-corrected chi connectivity index (χ4v) is 2.88. The zero-order valence-electron chi connectivity index (χ0n) is 12.7. The van der Waals surface area contributed by atoms with Crippen molar-refractivity contribution in [1.29, 1.82) is 0 Å². The minimum absolute atomic E-state index is 0.0131. The molecule has 0 saturated heterocycles. The van der Waals surface area contributed by atoms with Gasteiger partial charge in [-0.05, 0) is 43.5 Å². The van der Waals surface area contributed by atoms with Crippen LogP contribution in [0.2, 0.25) is 0 Å². The van der Waals surface area contributed by atoms with E-state index < -0.39 is 5.82 Å². The van der Waals surface area contributed by atoms with Gasteiger partial charge >= 0.3 is 0 Å². The van der Waals surface area contributed by atoms with Crippen LogP contribution in [0.15, 0.2) is 18.2 Å². The number of rotatable bonds is 4. The summed E-state index contributed by atoms with van der Waals surface area (Å²) in [5.74, 6) is -0.930. The van der Waals surface area contributed by atoms with E-state index in [1.54, 1.807) is 0 Å². The first kappa shape index (κ1) is 16.4. The summed E-state index contributed by atoms with van der Waals surface area (Å²) < 4.78 is 13.6. The zero-order valence-corrected chi connectivity index (χ0v) is 12.7. The van der Waals surface area contributed by atoms with Crippen LogP contribution in [0.4, 0.5) is 10.1 Å². The molecule has 6 heteroatoms. The second-order valence-electron chi connectivity index (χ2n) is 5.74. The summed E-state index contributed by atoms with van der Waals surface area (Å²) in [6.45, 7) is 1.84. The maximum atomic E-state index is 13.6. The molecular formula is C16H22FN3O2. The normalized spacial score (nSPS) is 21.2. The van der Waals surface area contributed by atoms with Crippen LogP contribution in [0, 0.1) is 11.7 Å². The van der Waals surface area contributed by atoms with Crippen LogP contribution in [0.5, 0.6) is 0 Å². The topological polar surface area (TPSA) is 84.2 Å². The molecule has 1 fully saturated rings. The SMILES string of the molecule is CC(=O)Nc1cc(C(=O)NC2CCCCC2CN)ccc1F. The van der Waals surface area contributed by atoms with Crippen molar-refractivity contribution in [1.82, 2.24) is 5.32 Å². The molecule has 1 aromatic rings. The van der Waals surface area contributed by atoms with Gasteiger partial charge in [0.2, 0.25) is 5.91 Å². The number of benzene rings is 1. The third-order valence-electron chi connectivity index (χ3n) is 4.07. The van der Waals surface area contributed by atoms with Crippen LogP contribution in [0.3, 0.4) is 0 Å². The molecule has 1 aliphatic rings. The Hall–Kier alpha value is -1.95. The first-order valence-electron chi connectivity index (χ1n) is 7.59. The van der Waals surface area contributed by atoms with Gasteiger partial charge in [0.1, 0.15) is 5.82 Å². The molecule has 0 radical (unpaired) electrons.